The number of aryl methyl sites for hydroxylation is 3. The van der Waals surface area contributed by atoms with Crippen LogP contribution in [0.15, 0.2) is 120 Å². The zero-order valence-electron chi connectivity index (χ0n) is 37.3. The van der Waals surface area contributed by atoms with E-state index in [1.54, 1.807) is 0 Å². The number of nitrogens with zero attached hydrogens (tertiary/aromatic N) is 2. The van der Waals surface area contributed by atoms with E-state index in [-0.39, 0.29) is 23.0 Å². The maximum atomic E-state index is 7.27. The quantitative estimate of drug-likeness (QED) is 0.166. The molecular weight excluding hydrogens is 747 g/mol. The van der Waals surface area contributed by atoms with E-state index < -0.39 is 0 Å². The maximum absolute atomic E-state index is 7.27. The molecule has 0 amide bonds. The molecule has 2 aliphatic heterocycles. The lowest BCUT2D eigenvalue weighted by Crippen LogP contribution is -2.61. The minimum Gasteiger partial charge on any atom is -0.440 e. The van der Waals surface area contributed by atoms with E-state index in [9.17, 15) is 0 Å². The number of thiophene rings is 1. The molecule has 0 spiro atoms. The molecule has 4 heterocycles. The molecule has 6 aromatic carbocycles. The molecule has 300 valence electrons. The highest BCUT2D eigenvalue weighted by Crippen LogP contribution is 2.49. The van der Waals surface area contributed by atoms with Gasteiger partial charge in [0.05, 0.1) is 5.69 Å². The third-order valence-corrected chi connectivity index (χ3v) is 14.1. The second-order valence-corrected chi connectivity index (χ2v) is 21.6. The van der Waals surface area contributed by atoms with Crippen molar-refractivity contribution in [2.45, 2.75) is 99.3 Å². The zero-order valence-corrected chi connectivity index (χ0v) is 38.1. The molecular formula is C55H55BN2OS. The van der Waals surface area contributed by atoms with E-state index in [0.717, 1.165) is 11.5 Å². The van der Waals surface area contributed by atoms with Gasteiger partial charge in [-0.2, -0.15) is 0 Å². The Morgan fingerprint density at radius 2 is 1.15 bits per heavy atom. The van der Waals surface area contributed by atoms with Crippen molar-refractivity contribution >= 4 is 89.8 Å². The Bertz CT molecular complexity index is 2980. The largest absolute Gasteiger partial charge is 0.440 e. The first-order valence-corrected chi connectivity index (χ1v) is 22.4. The van der Waals surface area contributed by atoms with Crippen LogP contribution in [0, 0.1) is 20.8 Å². The molecule has 3 nitrogen and oxygen atoms in total. The van der Waals surface area contributed by atoms with Crippen molar-refractivity contribution in [3.63, 3.8) is 0 Å². The van der Waals surface area contributed by atoms with Gasteiger partial charge in [0.15, 0.2) is 0 Å². The number of benzene rings is 6. The molecule has 0 radical (unpaired) electrons. The predicted molar refractivity (Wildman–Crippen MR) is 261 cm³/mol. The Hall–Kier alpha value is -5.52. The molecule has 0 aliphatic carbocycles. The summed E-state index contributed by atoms with van der Waals surface area (Å²) < 4.78 is 8.58. The van der Waals surface area contributed by atoms with Crippen LogP contribution in [-0.4, -0.2) is 6.71 Å². The van der Waals surface area contributed by atoms with Crippen molar-refractivity contribution in [1.29, 1.82) is 0 Å². The average Bonchev–Trinajstić information content (AvgIpc) is 3.79. The molecule has 2 aromatic heterocycles. The lowest BCUT2D eigenvalue weighted by Gasteiger charge is -2.43. The monoisotopic (exact) mass is 802 g/mol. The van der Waals surface area contributed by atoms with Gasteiger partial charge < -0.3 is 9.32 Å². The van der Waals surface area contributed by atoms with Crippen LogP contribution in [-0.2, 0) is 16.2 Å². The minimum absolute atomic E-state index is 0.0254. The maximum Gasteiger partial charge on any atom is 0.257 e. The van der Waals surface area contributed by atoms with Crippen molar-refractivity contribution in [2.24, 2.45) is 0 Å². The van der Waals surface area contributed by atoms with Crippen molar-refractivity contribution in [1.82, 2.24) is 0 Å². The van der Waals surface area contributed by atoms with Crippen molar-refractivity contribution in [2.75, 3.05) is 9.80 Å². The van der Waals surface area contributed by atoms with E-state index in [0.29, 0.717) is 0 Å². The number of hydrogen-bond donors (Lipinski definition) is 0. The smallest absolute Gasteiger partial charge is 0.257 e. The van der Waals surface area contributed by atoms with Crippen LogP contribution in [0.5, 0.6) is 0 Å². The Morgan fingerprint density at radius 3 is 1.80 bits per heavy atom. The van der Waals surface area contributed by atoms with Gasteiger partial charge in [-0.3, -0.25) is 4.90 Å². The number of hydrogen-bond acceptors (Lipinski definition) is 4. The fraction of sp³-hybridized carbons (Fsp3) is 0.273. The van der Waals surface area contributed by atoms with Gasteiger partial charge in [-0.25, -0.2) is 0 Å². The van der Waals surface area contributed by atoms with Crippen LogP contribution in [0.3, 0.4) is 0 Å². The van der Waals surface area contributed by atoms with Crippen LogP contribution >= 0.6 is 11.3 Å². The summed E-state index contributed by atoms with van der Waals surface area (Å²) in [5.74, 6) is 0.918. The third-order valence-electron chi connectivity index (χ3n) is 13.0. The number of furan rings is 1. The highest BCUT2D eigenvalue weighted by atomic mass is 32.1. The first kappa shape index (κ1) is 38.7. The van der Waals surface area contributed by atoms with Gasteiger partial charge in [-0.05, 0) is 159 Å². The first-order chi connectivity index (χ1) is 28.4. The van der Waals surface area contributed by atoms with Gasteiger partial charge in [0.25, 0.3) is 6.71 Å². The van der Waals surface area contributed by atoms with Crippen molar-refractivity contribution in [3.05, 3.63) is 149 Å². The summed E-state index contributed by atoms with van der Waals surface area (Å²) in [5.41, 5.74) is 19.7. The number of anilines is 6. The Morgan fingerprint density at radius 1 is 0.550 bits per heavy atom. The van der Waals surface area contributed by atoms with Crippen LogP contribution < -0.4 is 26.2 Å². The highest BCUT2D eigenvalue weighted by molar-refractivity contribution is 7.22. The van der Waals surface area contributed by atoms with E-state index in [1.165, 1.54) is 104 Å². The van der Waals surface area contributed by atoms with Crippen LogP contribution in [0.25, 0.3) is 31.5 Å². The Balaban J connectivity index is 1.29. The summed E-state index contributed by atoms with van der Waals surface area (Å²) >= 11 is 1.87. The normalized spacial score (nSPS) is 13.9. The summed E-state index contributed by atoms with van der Waals surface area (Å²) in [4.78, 5) is 6.30. The standard InChI is InChI=1S/C55H55BN2OS/c1-32-25-44-50-45(26-32)58(51-33(2)27-36(28-34(51)3)48-29-35-15-13-14-16-47(35)60-48)52-49(41-30-38(54(7,8)9)20-24-46(41)59-52)56(50)42-31-39(55(10,11)12)19-23-43(42)57(44)40-21-17-37(18-22-40)53(4,5)6/h13-31H,1-12H3. The molecule has 8 aromatic rings. The summed E-state index contributed by atoms with van der Waals surface area (Å²) in [7, 11) is 0. The van der Waals surface area contributed by atoms with Crippen molar-refractivity contribution < 1.29 is 4.42 Å². The van der Waals surface area contributed by atoms with Gasteiger partial charge in [-0.1, -0.05) is 111 Å². The van der Waals surface area contributed by atoms with Crippen LogP contribution in [0.2, 0.25) is 0 Å². The molecule has 0 unspecified atom stereocenters. The first-order valence-electron chi connectivity index (χ1n) is 21.5. The van der Waals surface area contributed by atoms with E-state index in [2.05, 4.69) is 208 Å². The van der Waals surface area contributed by atoms with E-state index in [4.69, 9.17) is 4.42 Å². The van der Waals surface area contributed by atoms with Gasteiger partial charge in [0.1, 0.15) is 5.58 Å². The molecule has 0 N–H and O–H groups in total. The minimum atomic E-state index is -0.0425. The summed E-state index contributed by atoms with van der Waals surface area (Å²) in [6.45, 7) is 27.5. The fourth-order valence-corrected chi connectivity index (χ4v) is 10.8. The fourth-order valence-electron chi connectivity index (χ4n) is 9.78. The molecule has 0 bridgehead atoms. The van der Waals surface area contributed by atoms with E-state index >= 15 is 0 Å². The van der Waals surface area contributed by atoms with Gasteiger partial charge in [0, 0.05) is 43.2 Å². The second kappa shape index (κ2) is 13.2. The number of rotatable bonds is 3. The van der Waals surface area contributed by atoms with Gasteiger partial charge >= 0.3 is 0 Å². The van der Waals surface area contributed by atoms with Gasteiger partial charge in [-0.15, -0.1) is 11.3 Å². The molecule has 10 rings (SSSR count). The molecule has 0 atom stereocenters. The molecule has 2 aliphatic rings. The molecule has 5 heteroatoms. The third kappa shape index (κ3) is 6.06. The molecule has 60 heavy (non-hydrogen) atoms. The highest BCUT2D eigenvalue weighted by Gasteiger charge is 2.47. The predicted octanol–water partition coefficient (Wildman–Crippen LogP) is 14.2. The molecule has 0 saturated heterocycles. The molecule has 0 saturated carbocycles. The van der Waals surface area contributed by atoms with Crippen LogP contribution in [0.4, 0.5) is 34.3 Å². The van der Waals surface area contributed by atoms with Crippen LogP contribution in [0.1, 0.15) is 95.7 Å². The van der Waals surface area contributed by atoms with Gasteiger partial charge in [0.2, 0.25) is 5.88 Å². The Kier molecular flexibility index (Phi) is 8.53. The summed E-state index contributed by atoms with van der Waals surface area (Å²) in [6, 6.07) is 44.1. The second-order valence-electron chi connectivity index (χ2n) is 20.5. The zero-order chi connectivity index (χ0) is 42.2. The average molecular weight is 803 g/mol. The topological polar surface area (TPSA) is 19.6 Å². The Labute approximate surface area is 360 Å². The number of fused-ring (bicyclic) bond motifs is 7. The lowest BCUT2D eigenvalue weighted by atomic mass is 9.33. The van der Waals surface area contributed by atoms with Crippen molar-refractivity contribution in [3.8, 4) is 10.4 Å². The lowest BCUT2D eigenvalue weighted by molar-refractivity contribution is 0.589. The summed E-state index contributed by atoms with van der Waals surface area (Å²) in [6.07, 6.45) is 0. The SMILES string of the molecule is Cc1cc2c3c(c1)N(c1c(C)cc(-c4cc5ccccc5s4)cc1C)c1oc4ccc(C(C)(C)C)cc4c1B3c1cc(C(C)(C)C)ccc1N2c1ccc(C(C)(C)C)cc1. The summed E-state index contributed by atoms with van der Waals surface area (Å²) in [5, 5.41) is 2.48. The molecule has 0 fully saturated rings. The van der Waals surface area contributed by atoms with E-state index in [1.807, 2.05) is 11.3 Å².